The Balaban J connectivity index is 1.81. The third kappa shape index (κ3) is 2.83. The van der Waals surface area contributed by atoms with E-state index in [9.17, 15) is 10.0 Å². The highest BCUT2D eigenvalue weighted by Gasteiger charge is 2.48. The van der Waals surface area contributed by atoms with Gasteiger partial charge in [-0.2, -0.15) is 0 Å². The molecule has 0 unspecified atom stereocenters. The molecule has 0 aliphatic carbocycles. The summed E-state index contributed by atoms with van der Waals surface area (Å²) >= 11 is 0. The van der Waals surface area contributed by atoms with Crippen LogP contribution in [0, 0.1) is 5.41 Å². The van der Waals surface area contributed by atoms with E-state index in [0.29, 0.717) is 6.42 Å². The summed E-state index contributed by atoms with van der Waals surface area (Å²) in [6, 6.07) is 8.65. The Hall–Kier alpha value is -2.34. The minimum absolute atomic E-state index is 0.115. The number of rotatable bonds is 4. The maximum atomic E-state index is 12.1. The van der Waals surface area contributed by atoms with Gasteiger partial charge in [0.2, 0.25) is 0 Å². The van der Waals surface area contributed by atoms with E-state index in [-0.39, 0.29) is 17.2 Å². The molecule has 2 aliphatic heterocycles. The van der Waals surface area contributed by atoms with Crippen molar-refractivity contribution in [2.24, 2.45) is 10.6 Å². The molecule has 2 aliphatic rings. The number of fused-ring (bicyclic) bond motifs is 5. The van der Waals surface area contributed by atoms with E-state index in [1.807, 2.05) is 0 Å². The molecule has 6 heteroatoms. The predicted molar refractivity (Wildman–Crippen MR) is 104 cm³/mol. The van der Waals surface area contributed by atoms with E-state index in [2.05, 4.69) is 46.2 Å². The minimum atomic E-state index is -0.546. The lowest BCUT2D eigenvalue weighted by Crippen LogP contribution is -2.50. The van der Waals surface area contributed by atoms with Crippen LogP contribution in [-0.2, 0) is 16.0 Å². The Morgan fingerprint density at radius 3 is 2.96 bits per heavy atom. The summed E-state index contributed by atoms with van der Waals surface area (Å²) in [5.74, 6) is -0.546. The van der Waals surface area contributed by atoms with Gasteiger partial charge in [-0.15, -0.1) is 0 Å². The lowest BCUT2D eigenvalue weighted by Gasteiger charge is -2.52. The summed E-state index contributed by atoms with van der Waals surface area (Å²) in [5, 5.41) is 14.0. The smallest absolute Gasteiger partial charge is 0.355 e. The van der Waals surface area contributed by atoms with Crippen molar-refractivity contribution in [1.29, 1.82) is 0 Å². The topological polar surface area (TPSA) is 77.9 Å². The van der Waals surface area contributed by atoms with Gasteiger partial charge in [0.15, 0.2) is 5.71 Å². The van der Waals surface area contributed by atoms with Crippen molar-refractivity contribution in [3.63, 3.8) is 0 Å². The first-order valence-electron chi connectivity index (χ1n) is 9.76. The number of oxime groups is 1. The first-order chi connectivity index (χ1) is 13.1. The third-order valence-corrected chi connectivity index (χ3v) is 6.60. The fraction of sp³-hybridized carbons (Fsp3) is 0.524. The second-order valence-electron chi connectivity index (χ2n) is 7.79. The van der Waals surface area contributed by atoms with Crippen LogP contribution in [-0.4, -0.2) is 47.0 Å². The lowest BCUT2D eigenvalue weighted by atomic mass is 9.65. The monoisotopic (exact) mass is 369 g/mol. The van der Waals surface area contributed by atoms with Crippen molar-refractivity contribution < 1.29 is 14.7 Å². The average molecular weight is 369 g/mol. The largest absolute Gasteiger partial charge is 0.464 e. The fourth-order valence-corrected chi connectivity index (χ4v) is 5.28. The molecular formula is C21H27N3O3. The molecule has 2 atom stereocenters. The van der Waals surface area contributed by atoms with Crippen LogP contribution in [0.5, 0.6) is 0 Å². The van der Waals surface area contributed by atoms with E-state index < -0.39 is 5.97 Å². The lowest BCUT2D eigenvalue weighted by molar-refractivity contribution is -0.133. The van der Waals surface area contributed by atoms with Gasteiger partial charge in [0, 0.05) is 29.6 Å². The molecule has 0 saturated carbocycles. The molecule has 0 radical (unpaired) electrons. The standard InChI is InChI=1S/C21H27N3O3/c1-3-21(13-17(23-26)20(25)27-2)10-6-11-24-12-9-15-14-7-4-5-8-16(14)22-18(15)19(21)24/h4-5,7-8,19,22,26H,3,6,9-13H2,1-2H3/t19-,21+/m1/s1. The van der Waals surface area contributed by atoms with Crippen LogP contribution in [0.4, 0.5) is 0 Å². The van der Waals surface area contributed by atoms with Crippen molar-refractivity contribution in [2.75, 3.05) is 20.2 Å². The zero-order chi connectivity index (χ0) is 19.0. The Morgan fingerprint density at radius 2 is 2.22 bits per heavy atom. The van der Waals surface area contributed by atoms with Crippen molar-refractivity contribution >= 4 is 22.6 Å². The molecule has 3 heterocycles. The summed E-state index contributed by atoms with van der Waals surface area (Å²) in [7, 11) is 1.33. The molecule has 27 heavy (non-hydrogen) atoms. The number of ether oxygens (including phenoxy) is 1. The zero-order valence-corrected chi connectivity index (χ0v) is 16.0. The number of nitrogens with zero attached hydrogens (tertiary/aromatic N) is 2. The molecule has 144 valence electrons. The summed E-state index contributed by atoms with van der Waals surface area (Å²) in [5.41, 5.74) is 3.79. The number of esters is 1. The van der Waals surface area contributed by atoms with E-state index >= 15 is 0 Å². The van der Waals surface area contributed by atoms with E-state index in [4.69, 9.17) is 4.74 Å². The summed E-state index contributed by atoms with van der Waals surface area (Å²) in [4.78, 5) is 18.3. The SMILES string of the molecule is CC[C@@]1(CC(=NO)C(=O)OC)CCCN2CCc3c([nH]c4ccccc34)[C@@H]21. The number of carbonyl (C=O) groups is 1. The Bertz CT molecular complexity index is 888. The van der Waals surface area contributed by atoms with E-state index in [1.54, 1.807) is 0 Å². The van der Waals surface area contributed by atoms with E-state index in [1.165, 1.54) is 29.3 Å². The quantitative estimate of drug-likeness (QED) is 0.373. The number of para-hydroxylation sites is 1. The number of aromatic nitrogens is 1. The van der Waals surface area contributed by atoms with Crippen LogP contribution in [0.25, 0.3) is 10.9 Å². The second kappa shape index (κ2) is 7.00. The highest BCUT2D eigenvalue weighted by atomic mass is 16.5. The van der Waals surface area contributed by atoms with Gasteiger partial charge in [0.05, 0.1) is 13.2 Å². The number of aromatic amines is 1. The molecule has 6 nitrogen and oxygen atoms in total. The van der Waals surface area contributed by atoms with Gasteiger partial charge in [-0.25, -0.2) is 4.79 Å². The average Bonchev–Trinajstić information content (AvgIpc) is 3.10. The number of H-pyrrole nitrogens is 1. The van der Waals surface area contributed by atoms with Gasteiger partial charge in [0.1, 0.15) is 0 Å². The summed E-state index contributed by atoms with van der Waals surface area (Å²) in [6.07, 6.45) is 4.44. The number of hydrogen-bond acceptors (Lipinski definition) is 5. The molecule has 2 N–H and O–H groups in total. The number of benzene rings is 1. The van der Waals surface area contributed by atoms with Crippen LogP contribution in [0.3, 0.4) is 0 Å². The van der Waals surface area contributed by atoms with Crippen molar-refractivity contribution in [1.82, 2.24) is 9.88 Å². The van der Waals surface area contributed by atoms with Crippen LogP contribution < -0.4 is 0 Å². The predicted octanol–water partition coefficient (Wildman–Crippen LogP) is 3.65. The maximum Gasteiger partial charge on any atom is 0.355 e. The Morgan fingerprint density at radius 1 is 1.41 bits per heavy atom. The third-order valence-electron chi connectivity index (χ3n) is 6.60. The van der Waals surface area contributed by atoms with Crippen molar-refractivity contribution in [3.05, 3.63) is 35.5 Å². The molecule has 1 fully saturated rings. The minimum Gasteiger partial charge on any atom is -0.464 e. The van der Waals surface area contributed by atoms with Gasteiger partial charge in [-0.05, 0) is 49.3 Å². The molecule has 0 bridgehead atoms. The number of methoxy groups -OCH3 is 1. The number of hydrogen-bond donors (Lipinski definition) is 2. The molecule has 4 rings (SSSR count). The van der Waals surface area contributed by atoms with Gasteiger partial charge in [0.25, 0.3) is 0 Å². The highest BCUT2D eigenvalue weighted by molar-refractivity contribution is 6.36. The fourth-order valence-electron chi connectivity index (χ4n) is 5.28. The van der Waals surface area contributed by atoms with Gasteiger partial charge in [-0.3, -0.25) is 4.90 Å². The van der Waals surface area contributed by atoms with Crippen LogP contribution in [0.2, 0.25) is 0 Å². The molecule has 1 aromatic heterocycles. The van der Waals surface area contributed by atoms with Crippen molar-refractivity contribution in [3.8, 4) is 0 Å². The number of piperidine rings is 1. The Kier molecular flexibility index (Phi) is 4.68. The number of carbonyl (C=O) groups excluding carboxylic acids is 1. The molecule has 0 amide bonds. The van der Waals surface area contributed by atoms with Crippen LogP contribution >= 0.6 is 0 Å². The maximum absolute atomic E-state index is 12.1. The van der Waals surface area contributed by atoms with Gasteiger partial charge in [-0.1, -0.05) is 30.3 Å². The number of nitrogens with one attached hydrogen (secondary N) is 1. The molecule has 2 aromatic rings. The first kappa shape index (κ1) is 18.0. The van der Waals surface area contributed by atoms with Crippen LogP contribution in [0.15, 0.2) is 29.4 Å². The molecular weight excluding hydrogens is 342 g/mol. The first-order valence-corrected chi connectivity index (χ1v) is 9.76. The Labute approximate surface area is 159 Å². The summed E-state index contributed by atoms with van der Waals surface area (Å²) in [6.45, 7) is 4.25. The van der Waals surface area contributed by atoms with Gasteiger partial charge < -0.3 is 14.9 Å². The molecule has 0 spiro atoms. The highest BCUT2D eigenvalue weighted by Crippen LogP contribution is 2.53. The van der Waals surface area contributed by atoms with Gasteiger partial charge >= 0.3 is 5.97 Å². The second-order valence-corrected chi connectivity index (χ2v) is 7.79. The molecule has 1 aromatic carbocycles. The molecule has 1 saturated heterocycles. The normalized spacial score (nSPS) is 25.9. The zero-order valence-electron chi connectivity index (χ0n) is 16.0. The van der Waals surface area contributed by atoms with Crippen LogP contribution in [0.1, 0.15) is 49.9 Å². The van der Waals surface area contributed by atoms with Crippen molar-refractivity contribution in [2.45, 2.75) is 45.1 Å². The van der Waals surface area contributed by atoms with E-state index in [0.717, 1.165) is 38.8 Å². The summed E-state index contributed by atoms with van der Waals surface area (Å²) < 4.78 is 4.84.